The number of benzene rings is 2. The Morgan fingerprint density at radius 1 is 1.04 bits per heavy atom. The van der Waals surface area contributed by atoms with E-state index < -0.39 is 8.32 Å². The quantitative estimate of drug-likeness (QED) is 0.433. The Hall–Kier alpha value is -2.12. The minimum Gasteiger partial charge on any atom is -0.396 e. The Bertz CT molecular complexity index is 689. The predicted octanol–water partition coefficient (Wildman–Crippen LogP) is 3.31. The Kier molecular flexibility index (Phi) is 7.21. The molecule has 0 heterocycles. The number of methoxy groups -OCH3 is 1. The van der Waals surface area contributed by atoms with Gasteiger partial charge in [-0.25, -0.2) is 0 Å². The maximum atomic E-state index is 6.72. The Balaban J connectivity index is 2.57. The van der Waals surface area contributed by atoms with Gasteiger partial charge in [0, 0.05) is 13.2 Å². The van der Waals surface area contributed by atoms with Crippen molar-refractivity contribution >= 4 is 18.7 Å². The van der Waals surface area contributed by atoms with Gasteiger partial charge in [-0.15, -0.1) is 6.58 Å². The van der Waals surface area contributed by atoms with Crippen molar-refractivity contribution in [3.8, 4) is 11.5 Å². The first-order valence-corrected chi connectivity index (χ1v) is 10.4. The largest absolute Gasteiger partial charge is 0.396 e. The fourth-order valence-corrected chi connectivity index (χ4v) is 6.17. The van der Waals surface area contributed by atoms with Crippen LogP contribution in [-0.2, 0) is 9.16 Å². The molecule has 2 nitrogen and oxygen atoms in total. The molecule has 3 heteroatoms. The van der Waals surface area contributed by atoms with Crippen LogP contribution in [0.1, 0.15) is 20.3 Å². The summed E-state index contributed by atoms with van der Waals surface area (Å²) in [5.41, 5.74) is 4.60. The van der Waals surface area contributed by atoms with Crippen LogP contribution in [0.2, 0.25) is 0 Å². The van der Waals surface area contributed by atoms with Crippen molar-refractivity contribution in [3.63, 3.8) is 0 Å². The van der Waals surface area contributed by atoms with Gasteiger partial charge in [0.1, 0.15) is 6.61 Å². The van der Waals surface area contributed by atoms with E-state index in [4.69, 9.17) is 9.16 Å². The van der Waals surface area contributed by atoms with Crippen molar-refractivity contribution < 1.29 is 9.16 Å². The molecule has 0 saturated heterocycles. The number of hydrogen-bond acceptors (Lipinski definition) is 2. The maximum absolute atomic E-state index is 6.72. The highest BCUT2D eigenvalue weighted by molar-refractivity contribution is 7.03. The van der Waals surface area contributed by atoms with Gasteiger partial charge in [-0.3, -0.25) is 0 Å². The monoisotopic (exact) mass is 350 g/mol. The molecule has 0 N–H and O–H groups in total. The molecule has 130 valence electrons. The van der Waals surface area contributed by atoms with Gasteiger partial charge >= 0.3 is 8.32 Å². The SMILES string of the molecule is C=C(C)CC(C)O[Si](C#CCOC)(c1ccccc1)c1ccccc1. The van der Waals surface area contributed by atoms with Gasteiger partial charge in [0.15, 0.2) is 0 Å². The predicted molar refractivity (Wildman–Crippen MR) is 108 cm³/mol. The molecule has 1 unspecified atom stereocenters. The zero-order valence-electron chi connectivity index (χ0n) is 15.3. The van der Waals surface area contributed by atoms with Gasteiger partial charge in [0.05, 0.1) is 0 Å². The van der Waals surface area contributed by atoms with Gasteiger partial charge in [-0.1, -0.05) is 77.7 Å². The lowest BCUT2D eigenvalue weighted by atomic mass is 10.2. The highest BCUT2D eigenvalue weighted by Gasteiger charge is 2.40. The third-order valence-corrected chi connectivity index (χ3v) is 7.43. The van der Waals surface area contributed by atoms with E-state index in [0.29, 0.717) is 6.61 Å². The highest BCUT2D eigenvalue weighted by Crippen LogP contribution is 2.14. The Labute approximate surface area is 152 Å². The van der Waals surface area contributed by atoms with E-state index in [2.05, 4.69) is 49.2 Å². The second-order valence-electron chi connectivity index (χ2n) is 6.24. The van der Waals surface area contributed by atoms with Crippen LogP contribution in [0.3, 0.4) is 0 Å². The van der Waals surface area contributed by atoms with Crippen LogP contribution in [0, 0.1) is 11.5 Å². The molecule has 0 bridgehead atoms. The molecule has 2 rings (SSSR count). The van der Waals surface area contributed by atoms with E-state index in [-0.39, 0.29) is 6.10 Å². The molecule has 0 saturated carbocycles. The first-order valence-electron chi connectivity index (χ1n) is 8.50. The second-order valence-corrected chi connectivity index (χ2v) is 9.24. The molecule has 0 fully saturated rings. The van der Waals surface area contributed by atoms with E-state index in [1.165, 1.54) is 0 Å². The van der Waals surface area contributed by atoms with Crippen LogP contribution in [0.25, 0.3) is 0 Å². The fourth-order valence-electron chi connectivity index (χ4n) is 2.89. The topological polar surface area (TPSA) is 18.5 Å². The summed E-state index contributed by atoms with van der Waals surface area (Å²) in [5, 5.41) is 2.30. The van der Waals surface area contributed by atoms with E-state index in [1.807, 2.05) is 43.3 Å². The smallest absolute Gasteiger partial charge is 0.337 e. The van der Waals surface area contributed by atoms with Crippen molar-refractivity contribution in [2.75, 3.05) is 13.7 Å². The minimum absolute atomic E-state index is 0.0430. The van der Waals surface area contributed by atoms with E-state index in [9.17, 15) is 0 Å². The van der Waals surface area contributed by atoms with Crippen molar-refractivity contribution in [2.24, 2.45) is 0 Å². The van der Waals surface area contributed by atoms with Gasteiger partial charge < -0.3 is 9.16 Å². The first-order chi connectivity index (χ1) is 12.1. The van der Waals surface area contributed by atoms with Gasteiger partial charge in [0.25, 0.3) is 0 Å². The average molecular weight is 351 g/mol. The standard InChI is InChI=1S/C22H26O2Si/c1-19(2)18-20(3)24-25(17-11-16-23-4,21-12-7-5-8-13-21)22-14-9-6-10-15-22/h5-10,12-15,20H,1,16,18H2,2-4H3. The molecule has 0 aliphatic rings. The zero-order chi connectivity index (χ0) is 18.1. The van der Waals surface area contributed by atoms with Crippen LogP contribution in [0.15, 0.2) is 72.8 Å². The minimum atomic E-state index is -2.70. The lowest BCUT2D eigenvalue weighted by Gasteiger charge is -2.30. The lowest BCUT2D eigenvalue weighted by Crippen LogP contribution is -2.61. The summed E-state index contributed by atoms with van der Waals surface area (Å²) >= 11 is 0. The first kappa shape index (κ1) is 19.2. The van der Waals surface area contributed by atoms with Gasteiger partial charge in [-0.05, 0) is 30.6 Å². The average Bonchev–Trinajstić information content (AvgIpc) is 2.62. The van der Waals surface area contributed by atoms with Crippen LogP contribution < -0.4 is 10.4 Å². The third-order valence-electron chi connectivity index (χ3n) is 3.86. The van der Waals surface area contributed by atoms with Crippen LogP contribution in [0.5, 0.6) is 0 Å². The number of rotatable bonds is 7. The molecule has 0 amide bonds. The van der Waals surface area contributed by atoms with E-state index >= 15 is 0 Å². The van der Waals surface area contributed by atoms with Crippen LogP contribution >= 0.6 is 0 Å². The summed E-state index contributed by atoms with van der Waals surface area (Å²) in [4.78, 5) is 0. The third kappa shape index (κ3) is 5.17. The van der Waals surface area contributed by atoms with Crippen molar-refractivity contribution in [1.29, 1.82) is 0 Å². The lowest BCUT2D eigenvalue weighted by molar-refractivity contribution is 0.224. The van der Waals surface area contributed by atoms with Crippen molar-refractivity contribution in [2.45, 2.75) is 26.4 Å². The summed E-state index contributed by atoms with van der Waals surface area (Å²) in [6.45, 7) is 8.55. The molecule has 2 aromatic rings. The molecular formula is C22H26O2Si. The molecule has 0 spiro atoms. The number of hydrogen-bond donors (Lipinski definition) is 0. The molecule has 0 aliphatic carbocycles. The number of ether oxygens (including phenoxy) is 1. The van der Waals surface area contributed by atoms with Crippen molar-refractivity contribution in [1.82, 2.24) is 0 Å². The summed E-state index contributed by atoms with van der Waals surface area (Å²) in [5.74, 6) is 3.17. The Morgan fingerprint density at radius 3 is 2.00 bits per heavy atom. The fraction of sp³-hybridized carbons (Fsp3) is 0.273. The molecule has 0 aromatic heterocycles. The van der Waals surface area contributed by atoms with E-state index in [0.717, 1.165) is 22.4 Å². The summed E-state index contributed by atoms with van der Waals surface area (Å²) < 4.78 is 11.9. The second kappa shape index (κ2) is 9.38. The van der Waals surface area contributed by atoms with E-state index in [1.54, 1.807) is 7.11 Å². The summed E-state index contributed by atoms with van der Waals surface area (Å²) in [6.07, 6.45) is 0.863. The Morgan fingerprint density at radius 2 is 1.56 bits per heavy atom. The normalized spacial score (nSPS) is 12.1. The zero-order valence-corrected chi connectivity index (χ0v) is 16.3. The van der Waals surface area contributed by atoms with Gasteiger partial charge in [-0.2, -0.15) is 0 Å². The molecule has 0 aliphatic heterocycles. The van der Waals surface area contributed by atoms with Gasteiger partial charge in [0.2, 0.25) is 0 Å². The van der Waals surface area contributed by atoms with Crippen LogP contribution in [-0.4, -0.2) is 28.1 Å². The molecular weight excluding hydrogens is 324 g/mol. The molecule has 0 radical (unpaired) electrons. The molecule has 1 atom stereocenters. The highest BCUT2D eigenvalue weighted by atomic mass is 28.4. The molecule has 2 aromatic carbocycles. The summed E-state index contributed by atoms with van der Waals surface area (Å²) in [7, 11) is -1.04. The van der Waals surface area contributed by atoms with Crippen LogP contribution in [0.4, 0.5) is 0 Å². The van der Waals surface area contributed by atoms with Crippen molar-refractivity contribution in [3.05, 3.63) is 72.8 Å². The summed E-state index contributed by atoms with van der Waals surface area (Å²) in [6, 6.07) is 20.7. The molecule has 25 heavy (non-hydrogen) atoms. The maximum Gasteiger partial charge on any atom is 0.337 e.